The standard InChI is InChI=1S/C16H21FN2O2/c17-13-5-3-12-4-6-15(14(12)8-13)18-16(21)19-7-1-2-11(9-19)10-20/h3,5,8,11,15,20H,1-2,4,6-7,9-10H2,(H,18,21). The topological polar surface area (TPSA) is 52.6 Å². The van der Waals surface area contributed by atoms with E-state index in [0.717, 1.165) is 43.4 Å². The van der Waals surface area contributed by atoms with Gasteiger partial charge in [0.2, 0.25) is 0 Å². The van der Waals surface area contributed by atoms with Crippen molar-refractivity contribution in [2.45, 2.75) is 31.7 Å². The largest absolute Gasteiger partial charge is 0.396 e. The van der Waals surface area contributed by atoms with Crippen molar-refractivity contribution in [2.75, 3.05) is 19.7 Å². The monoisotopic (exact) mass is 292 g/mol. The summed E-state index contributed by atoms with van der Waals surface area (Å²) in [5.74, 6) is -0.0778. The number of likely N-dealkylation sites (tertiary alicyclic amines) is 1. The molecule has 2 unspecified atom stereocenters. The van der Waals surface area contributed by atoms with Crippen LogP contribution in [0.5, 0.6) is 0 Å². The second kappa shape index (κ2) is 6.02. The van der Waals surface area contributed by atoms with Crippen molar-refractivity contribution >= 4 is 6.03 Å². The van der Waals surface area contributed by atoms with Gasteiger partial charge in [0.05, 0.1) is 6.04 Å². The number of carbonyl (C=O) groups excluding carboxylic acids is 1. The summed E-state index contributed by atoms with van der Waals surface area (Å²) in [4.78, 5) is 14.1. The predicted molar refractivity (Wildman–Crippen MR) is 77.4 cm³/mol. The lowest BCUT2D eigenvalue weighted by atomic mass is 9.99. The molecule has 2 aliphatic rings. The number of fused-ring (bicyclic) bond motifs is 1. The third-order valence-electron chi connectivity index (χ3n) is 4.55. The van der Waals surface area contributed by atoms with Crippen LogP contribution in [0.15, 0.2) is 18.2 Å². The van der Waals surface area contributed by atoms with Crippen LogP contribution < -0.4 is 5.32 Å². The maximum atomic E-state index is 13.4. The van der Waals surface area contributed by atoms with E-state index >= 15 is 0 Å². The molecule has 4 nitrogen and oxygen atoms in total. The van der Waals surface area contributed by atoms with E-state index in [2.05, 4.69) is 5.32 Å². The molecule has 21 heavy (non-hydrogen) atoms. The Bertz CT molecular complexity index is 535. The molecule has 0 spiro atoms. The first-order valence-electron chi connectivity index (χ1n) is 7.62. The second-order valence-electron chi connectivity index (χ2n) is 6.02. The van der Waals surface area contributed by atoms with E-state index in [4.69, 9.17) is 0 Å². The van der Waals surface area contributed by atoms with Gasteiger partial charge in [-0.05, 0) is 54.9 Å². The molecule has 1 fully saturated rings. The van der Waals surface area contributed by atoms with Gasteiger partial charge < -0.3 is 15.3 Å². The number of urea groups is 1. The van der Waals surface area contributed by atoms with E-state index in [1.807, 2.05) is 0 Å². The van der Waals surface area contributed by atoms with Crippen LogP contribution in [0.3, 0.4) is 0 Å². The highest BCUT2D eigenvalue weighted by Crippen LogP contribution is 2.31. The third-order valence-corrected chi connectivity index (χ3v) is 4.55. The number of amides is 2. The van der Waals surface area contributed by atoms with Gasteiger partial charge in [-0.2, -0.15) is 0 Å². The van der Waals surface area contributed by atoms with E-state index in [-0.39, 0.29) is 30.4 Å². The average molecular weight is 292 g/mol. The summed E-state index contributed by atoms with van der Waals surface area (Å²) in [5.41, 5.74) is 2.02. The molecule has 2 N–H and O–H groups in total. The van der Waals surface area contributed by atoms with Gasteiger partial charge in [-0.25, -0.2) is 9.18 Å². The smallest absolute Gasteiger partial charge is 0.317 e. The van der Waals surface area contributed by atoms with Crippen molar-refractivity contribution in [2.24, 2.45) is 5.92 Å². The van der Waals surface area contributed by atoms with Crippen LogP contribution in [0.2, 0.25) is 0 Å². The van der Waals surface area contributed by atoms with Gasteiger partial charge in [0, 0.05) is 19.7 Å². The molecule has 2 amide bonds. The average Bonchev–Trinajstić information content (AvgIpc) is 2.89. The molecule has 2 atom stereocenters. The summed E-state index contributed by atoms with van der Waals surface area (Å²) in [6, 6.07) is 4.60. The molecule has 114 valence electrons. The van der Waals surface area contributed by atoms with E-state index in [1.165, 1.54) is 12.1 Å². The molecule has 3 rings (SSSR count). The zero-order chi connectivity index (χ0) is 14.8. The first-order chi connectivity index (χ1) is 10.2. The number of hydrogen-bond acceptors (Lipinski definition) is 2. The maximum absolute atomic E-state index is 13.4. The molecule has 0 bridgehead atoms. The first kappa shape index (κ1) is 14.3. The van der Waals surface area contributed by atoms with Gasteiger partial charge in [0.1, 0.15) is 5.82 Å². The lowest BCUT2D eigenvalue weighted by molar-refractivity contribution is 0.128. The fourth-order valence-corrected chi connectivity index (χ4v) is 3.36. The fourth-order valence-electron chi connectivity index (χ4n) is 3.36. The Hall–Kier alpha value is -1.62. The van der Waals surface area contributed by atoms with Crippen LogP contribution in [-0.4, -0.2) is 35.7 Å². The highest BCUT2D eigenvalue weighted by Gasteiger charge is 2.28. The number of rotatable bonds is 2. The van der Waals surface area contributed by atoms with Gasteiger partial charge in [0.15, 0.2) is 0 Å². The van der Waals surface area contributed by atoms with E-state index in [1.54, 1.807) is 11.0 Å². The van der Waals surface area contributed by atoms with E-state index in [0.29, 0.717) is 6.54 Å². The Morgan fingerprint density at radius 3 is 3.10 bits per heavy atom. The van der Waals surface area contributed by atoms with Crippen molar-refractivity contribution in [3.8, 4) is 0 Å². The number of benzene rings is 1. The normalized spacial score (nSPS) is 24.8. The van der Waals surface area contributed by atoms with Gasteiger partial charge in [-0.15, -0.1) is 0 Å². The molecule has 1 aliphatic heterocycles. The number of nitrogens with one attached hydrogen (secondary N) is 1. The van der Waals surface area contributed by atoms with Crippen molar-refractivity contribution in [1.29, 1.82) is 0 Å². The van der Waals surface area contributed by atoms with Crippen molar-refractivity contribution in [3.63, 3.8) is 0 Å². The van der Waals surface area contributed by atoms with E-state index < -0.39 is 0 Å². The number of aliphatic hydroxyl groups excluding tert-OH is 1. The minimum atomic E-state index is -0.256. The van der Waals surface area contributed by atoms with Crippen LogP contribution in [0.4, 0.5) is 9.18 Å². The number of aliphatic hydroxyl groups is 1. The second-order valence-corrected chi connectivity index (χ2v) is 6.02. The Balaban J connectivity index is 1.65. The highest BCUT2D eigenvalue weighted by atomic mass is 19.1. The zero-order valence-electron chi connectivity index (χ0n) is 12.0. The minimum Gasteiger partial charge on any atom is -0.396 e. The summed E-state index contributed by atoms with van der Waals surface area (Å²) < 4.78 is 13.4. The quantitative estimate of drug-likeness (QED) is 0.878. The number of halogens is 1. The molecule has 1 saturated heterocycles. The summed E-state index contributed by atoms with van der Waals surface area (Å²) in [7, 11) is 0. The molecule has 1 aliphatic carbocycles. The fraction of sp³-hybridized carbons (Fsp3) is 0.562. The summed E-state index contributed by atoms with van der Waals surface area (Å²) in [5, 5.41) is 12.3. The van der Waals surface area contributed by atoms with Gasteiger partial charge in [-0.3, -0.25) is 0 Å². The molecular weight excluding hydrogens is 271 g/mol. The number of piperidine rings is 1. The number of nitrogens with zero attached hydrogens (tertiary/aromatic N) is 1. The summed E-state index contributed by atoms with van der Waals surface area (Å²) in [6.45, 7) is 1.46. The van der Waals surface area contributed by atoms with E-state index in [9.17, 15) is 14.3 Å². The lowest BCUT2D eigenvalue weighted by Gasteiger charge is -2.32. The van der Waals surface area contributed by atoms with Gasteiger partial charge in [-0.1, -0.05) is 6.07 Å². The van der Waals surface area contributed by atoms with Crippen LogP contribution in [0, 0.1) is 11.7 Å². The molecular formula is C16H21FN2O2. The summed E-state index contributed by atoms with van der Waals surface area (Å²) in [6.07, 6.45) is 3.59. The highest BCUT2D eigenvalue weighted by molar-refractivity contribution is 5.75. The molecule has 0 aromatic heterocycles. The molecule has 0 radical (unpaired) electrons. The van der Waals surface area contributed by atoms with Gasteiger partial charge in [0.25, 0.3) is 0 Å². The Morgan fingerprint density at radius 1 is 1.43 bits per heavy atom. The first-order valence-corrected chi connectivity index (χ1v) is 7.62. The van der Waals surface area contributed by atoms with Crippen molar-refractivity contribution in [1.82, 2.24) is 10.2 Å². The van der Waals surface area contributed by atoms with Gasteiger partial charge >= 0.3 is 6.03 Å². The zero-order valence-corrected chi connectivity index (χ0v) is 12.0. The van der Waals surface area contributed by atoms with Crippen LogP contribution in [0.1, 0.15) is 36.4 Å². The molecule has 1 heterocycles. The van der Waals surface area contributed by atoms with Crippen LogP contribution >= 0.6 is 0 Å². The molecule has 1 aromatic rings. The number of hydrogen-bond donors (Lipinski definition) is 2. The molecule has 0 saturated carbocycles. The predicted octanol–water partition coefficient (Wildman–Crippen LogP) is 2.23. The van der Waals surface area contributed by atoms with Crippen molar-refractivity contribution in [3.05, 3.63) is 35.1 Å². The maximum Gasteiger partial charge on any atom is 0.317 e. The van der Waals surface area contributed by atoms with Crippen LogP contribution in [-0.2, 0) is 6.42 Å². The third kappa shape index (κ3) is 3.02. The number of carbonyl (C=O) groups is 1. The number of aryl methyl sites for hydroxylation is 1. The molecule has 5 heteroatoms. The SMILES string of the molecule is O=C(NC1CCc2ccc(F)cc21)N1CCCC(CO)C1. The minimum absolute atomic E-state index is 0.0993. The molecule has 1 aromatic carbocycles. The lowest BCUT2D eigenvalue weighted by Crippen LogP contribution is -2.46. The Morgan fingerprint density at radius 2 is 2.29 bits per heavy atom. The van der Waals surface area contributed by atoms with Crippen molar-refractivity contribution < 1.29 is 14.3 Å². The Kier molecular flexibility index (Phi) is 4.10. The Labute approximate surface area is 124 Å². The summed E-state index contributed by atoms with van der Waals surface area (Å²) >= 11 is 0. The van der Waals surface area contributed by atoms with Crippen LogP contribution in [0.25, 0.3) is 0 Å².